The van der Waals surface area contributed by atoms with E-state index in [2.05, 4.69) is 4.74 Å². The lowest BCUT2D eigenvalue weighted by atomic mass is 9.77. The first-order valence-corrected chi connectivity index (χ1v) is 10.5. The molecular formula is C24H25BF2O6. The summed E-state index contributed by atoms with van der Waals surface area (Å²) in [6.07, 6.45) is -0.130. The van der Waals surface area contributed by atoms with Crippen LogP contribution in [0.2, 0.25) is 0 Å². The van der Waals surface area contributed by atoms with Crippen LogP contribution in [0, 0.1) is 11.8 Å². The lowest BCUT2D eigenvalue weighted by Gasteiger charge is -2.32. The molecule has 1 aliphatic rings. The van der Waals surface area contributed by atoms with E-state index in [4.69, 9.17) is 18.5 Å². The average molecular weight is 458 g/mol. The molecule has 1 aromatic heterocycles. The average Bonchev–Trinajstić information content (AvgIpc) is 3.21. The highest BCUT2D eigenvalue weighted by atomic mass is 19.1. The smallest absolute Gasteiger partial charge is 0.489 e. The number of halogens is 2. The molecule has 9 heteroatoms. The van der Waals surface area contributed by atoms with Gasteiger partial charge in [-0.25, -0.2) is 4.39 Å². The van der Waals surface area contributed by atoms with Crippen molar-refractivity contribution in [3.8, 4) is 5.75 Å². The zero-order chi connectivity index (χ0) is 24.0. The van der Waals surface area contributed by atoms with Crippen LogP contribution in [0.3, 0.4) is 0 Å². The summed E-state index contributed by atoms with van der Waals surface area (Å²) in [4.78, 5) is 11.7. The molecule has 1 aliphatic heterocycles. The molecule has 1 fully saturated rings. The second kappa shape index (κ2) is 8.46. The van der Waals surface area contributed by atoms with Crippen molar-refractivity contribution in [2.24, 2.45) is 0 Å². The second-order valence-electron chi connectivity index (χ2n) is 9.04. The van der Waals surface area contributed by atoms with Gasteiger partial charge in [0, 0.05) is 22.5 Å². The van der Waals surface area contributed by atoms with Crippen LogP contribution in [0.4, 0.5) is 8.78 Å². The molecule has 0 N–H and O–H groups in total. The third kappa shape index (κ3) is 4.61. The van der Waals surface area contributed by atoms with Crippen molar-refractivity contribution in [3.63, 3.8) is 0 Å². The van der Waals surface area contributed by atoms with Gasteiger partial charge in [-0.1, -0.05) is 6.07 Å². The lowest BCUT2D eigenvalue weighted by Crippen LogP contribution is -2.41. The largest absolute Gasteiger partial charge is 0.498 e. The normalized spacial score (nSPS) is 16.9. The van der Waals surface area contributed by atoms with E-state index in [-0.39, 0.29) is 13.0 Å². The molecule has 3 aromatic rings. The SMILES string of the molecule is COC(=O)Cc1cc(F)ccc1OCc1cc(B2OC(C)(C)C(C)(C)O2)c2oc(F)cc2c1. The van der Waals surface area contributed by atoms with Gasteiger partial charge < -0.3 is 23.2 Å². The van der Waals surface area contributed by atoms with Crippen LogP contribution in [0.1, 0.15) is 38.8 Å². The molecule has 0 aliphatic carbocycles. The van der Waals surface area contributed by atoms with E-state index in [1.54, 1.807) is 12.1 Å². The van der Waals surface area contributed by atoms with Gasteiger partial charge in [-0.15, -0.1) is 0 Å². The first-order chi connectivity index (χ1) is 15.5. The summed E-state index contributed by atoms with van der Waals surface area (Å²) in [5.74, 6) is -0.652. The molecule has 0 unspecified atom stereocenters. The molecule has 0 atom stereocenters. The maximum absolute atomic E-state index is 14.0. The van der Waals surface area contributed by atoms with Crippen LogP contribution in [0.15, 0.2) is 40.8 Å². The van der Waals surface area contributed by atoms with Gasteiger partial charge in [-0.3, -0.25) is 4.79 Å². The molecule has 0 bridgehead atoms. The number of ether oxygens (including phenoxy) is 2. The molecule has 0 spiro atoms. The molecule has 2 heterocycles. The van der Waals surface area contributed by atoms with E-state index in [1.807, 2.05) is 27.7 Å². The molecule has 174 valence electrons. The Kier molecular flexibility index (Phi) is 5.96. The monoisotopic (exact) mass is 458 g/mol. The third-order valence-corrected chi connectivity index (χ3v) is 6.16. The van der Waals surface area contributed by atoms with Crippen molar-refractivity contribution in [2.75, 3.05) is 7.11 Å². The number of methoxy groups -OCH3 is 1. The number of carbonyl (C=O) groups is 1. The number of hydrogen-bond acceptors (Lipinski definition) is 6. The lowest BCUT2D eigenvalue weighted by molar-refractivity contribution is -0.139. The minimum atomic E-state index is -0.760. The summed E-state index contributed by atoms with van der Waals surface area (Å²) in [6.45, 7) is 7.79. The highest BCUT2D eigenvalue weighted by Crippen LogP contribution is 2.37. The van der Waals surface area contributed by atoms with Gasteiger partial charge in [0.1, 0.15) is 23.8 Å². The predicted molar refractivity (Wildman–Crippen MR) is 118 cm³/mol. The number of fused-ring (bicyclic) bond motifs is 1. The number of hydrogen-bond donors (Lipinski definition) is 0. The van der Waals surface area contributed by atoms with E-state index in [1.165, 1.54) is 31.4 Å². The quantitative estimate of drug-likeness (QED) is 0.405. The maximum Gasteiger partial charge on any atom is 0.498 e. The first-order valence-electron chi connectivity index (χ1n) is 10.5. The van der Waals surface area contributed by atoms with Gasteiger partial charge >= 0.3 is 13.1 Å². The molecule has 0 radical (unpaired) electrons. The number of benzene rings is 2. The molecule has 0 amide bonds. The van der Waals surface area contributed by atoms with Crippen molar-refractivity contribution in [2.45, 2.75) is 51.9 Å². The Morgan fingerprint density at radius 2 is 1.73 bits per heavy atom. The van der Waals surface area contributed by atoms with Gasteiger partial charge in [-0.2, -0.15) is 4.39 Å². The van der Waals surface area contributed by atoms with Gasteiger partial charge in [-0.05, 0) is 57.5 Å². The number of furan rings is 1. The fourth-order valence-corrected chi connectivity index (χ4v) is 3.66. The molecule has 1 saturated heterocycles. The Labute approximate surface area is 190 Å². The zero-order valence-corrected chi connectivity index (χ0v) is 19.2. The van der Waals surface area contributed by atoms with E-state index >= 15 is 0 Å². The highest BCUT2D eigenvalue weighted by Gasteiger charge is 2.52. The van der Waals surface area contributed by atoms with Crippen molar-refractivity contribution in [1.82, 2.24) is 0 Å². The van der Waals surface area contributed by atoms with Crippen LogP contribution in [-0.2, 0) is 31.9 Å². The Morgan fingerprint density at radius 1 is 1.03 bits per heavy atom. The van der Waals surface area contributed by atoms with Crippen molar-refractivity contribution in [3.05, 3.63) is 59.4 Å². The van der Waals surface area contributed by atoms with Gasteiger partial charge in [0.05, 0.1) is 24.7 Å². The summed E-state index contributed by atoms with van der Waals surface area (Å²) in [5, 5.41) is 0.534. The molecule has 4 rings (SSSR count). The Bertz CT molecular complexity index is 1190. The number of esters is 1. The van der Waals surface area contributed by atoms with Crippen LogP contribution >= 0.6 is 0 Å². The van der Waals surface area contributed by atoms with E-state index in [0.29, 0.717) is 33.3 Å². The summed E-state index contributed by atoms with van der Waals surface area (Å²) >= 11 is 0. The number of rotatable bonds is 6. The Morgan fingerprint density at radius 3 is 2.39 bits per heavy atom. The maximum atomic E-state index is 14.0. The molecule has 33 heavy (non-hydrogen) atoms. The van der Waals surface area contributed by atoms with E-state index in [0.717, 1.165) is 0 Å². The minimum Gasteiger partial charge on any atom is -0.489 e. The second-order valence-corrected chi connectivity index (χ2v) is 9.04. The fraction of sp³-hybridized carbons (Fsp3) is 0.375. The Hall–Kier alpha value is -2.91. The standard InChI is InChI=1S/C24H25BF2O6/c1-23(2)24(3,4)33-25(32-23)18-9-14(8-16-11-20(27)31-22(16)18)13-30-19-7-6-17(26)10-15(19)12-21(28)29-5/h6-11H,12-13H2,1-5H3. The van der Waals surface area contributed by atoms with Crippen molar-refractivity contribution in [1.29, 1.82) is 0 Å². The fourth-order valence-electron chi connectivity index (χ4n) is 3.66. The minimum absolute atomic E-state index is 0.0784. The van der Waals surface area contributed by atoms with Crippen LogP contribution in [-0.4, -0.2) is 31.4 Å². The molecule has 6 nitrogen and oxygen atoms in total. The topological polar surface area (TPSA) is 67.1 Å². The summed E-state index contributed by atoms with van der Waals surface area (Å²) < 4.78 is 55.8. The Balaban J connectivity index is 1.65. The first kappa shape index (κ1) is 23.3. The van der Waals surface area contributed by atoms with E-state index < -0.39 is 36.1 Å². The molecule has 0 saturated carbocycles. The third-order valence-electron chi connectivity index (χ3n) is 6.16. The molecule has 2 aromatic carbocycles. The van der Waals surface area contributed by atoms with Gasteiger partial charge in [0.15, 0.2) is 0 Å². The molecular weight excluding hydrogens is 433 g/mol. The summed E-state index contributed by atoms with van der Waals surface area (Å²) in [6, 6.07) is 8.01. The van der Waals surface area contributed by atoms with Crippen LogP contribution in [0.5, 0.6) is 5.75 Å². The van der Waals surface area contributed by atoms with Crippen molar-refractivity contribution >= 4 is 29.5 Å². The highest BCUT2D eigenvalue weighted by molar-refractivity contribution is 6.64. The summed E-state index contributed by atoms with van der Waals surface area (Å²) in [7, 11) is 0.502. The van der Waals surface area contributed by atoms with Gasteiger partial charge in [0.25, 0.3) is 6.01 Å². The number of carbonyl (C=O) groups excluding carboxylic acids is 1. The van der Waals surface area contributed by atoms with Crippen LogP contribution < -0.4 is 10.2 Å². The van der Waals surface area contributed by atoms with Crippen molar-refractivity contribution < 1.29 is 36.8 Å². The summed E-state index contributed by atoms with van der Waals surface area (Å²) in [5.41, 5.74) is 0.770. The van der Waals surface area contributed by atoms with Gasteiger partial charge in [0.2, 0.25) is 0 Å². The zero-order valence-electron chi connectivity index (χ0n) is 19.2. The predicted octanol–water partition coefficient (Wildman–Crippen LogP) is 4.30. The van der Waals surface area contributed by atoms with E-state index in [9.17, 15) is 13.6 Å². The van der Waals surface area contributed by atoms with Crippen LogP contribution in [0.25, 0.3) is 11.0 Å².